The molecular formula is C15H17N5O3. The topological polar surface area (TPSA) is 106 Å². The third kappa shape index (κ3) is 4.22. The van der Waals surface area contributed by atoms with Gasteiger partial charge in [0.15, 0.2) is 0 Å². The molecule has 0 radical (unpaired) electrons. The molecule has 23 heavy (non-hydrogen) atoms. The maximum absolute atomic E-state index is 11.2. The van der Waals surface area contributed by atoms with Crippen molar-refractivity contribution in [3.8, 4) is 5.75 Å². The Morgan fingerprint density at radius 1 is 1.22 bits per heavy atom. The van der Waals surface area contributed by atoms with Gasteiger partial charge in [-0.2, -0.15) is 4.99 Å². The first kappa shape index (κ1) is 16.3. The minimum atomic E-state index is -0.458. The maximum Gasteiger partial charge on any atom is 0.245 e. The highest BCUT2D eigenvalue weighted by Gasteiger charge is 2.09. The van der Waals surface area contributed by atoms with Gasteiger partial charge in [-0.05, 0) is 19.1 Å². The Morgan fingerprint density at radius 3 is 2.57 bits per heavy atom. The van der Waals surface area contributed by atoms with Crippen LogP contribution in [0.2, 0.25) is 0 Å². The number of methoxy groups -OCH3 is 1. The molecule has 0 aliphatic rings. The zero-order valence-electron chi connectivity index (χ0n) is 13.3. The Hall–Kier alpha value is -3.03. The number of benzene rings is 1. The van der Waals surface area contributed by atoms with E-state index in [2.05, 4.69) is 25.6 Å². The molecule has 0 atom stereocenters. The number of nitrogens with zero attached hydrogens (tertiary/aromatic N) is 3. The molecule has 1 aromatic carbocycles. The number of carbonyl (C=O) groups is 2. The molecule has 2 amide bonds. The average Bonchev–Trinajstić information content (AvgIpc) is 2.45. The molecule has 0 bridgehead atoms. The maximum atomic E-state index is 11.2. The van der Waals surface area contributed by atoms with Crippen LogP contribution in [0.4, 0.5) is 5.95 Å². The van der Waals surface area contributed by atoms with Crippen molar-refractivity contribution in [3.63, 3.8) is 0 Å². The second kappa shape index (κ2) is 6.82. The van der Waals surface area contributed by atoms with Crippen LogP contribution in [-0.4, -0.2) is 34.9 Å². The van der Waals surface area contributed by atoms with Crippen LogP contribution in [0.3, 0.4) is 0 Å². The number of amides is 2. The monoisotopic (exact) mass is 315 g/mol. The number of aromatic nitrogens is 2. The number of anilines is 1. The third-order valence-corrected chi connectivity index (χ3v) is 2.89. The van der Waals surface area contributed by atoms with Crippen LogP contribution in [0.1, 0.15) is 19.5 Å². The van der Waals surface area contributed by atoms with Gasteiger partial charge in [-0.3, -0.25) is 20.2 Å². The highest BCUT2D eigenvalue weighted by Crippen LogP contribution is 2.22. The van der Waals surface area contributed by atoms with Crippen LogP contribution in [0.15, 0.2) is 23.2 Å². The first-order chi connectivity index (χ1) is 10.9. The Balaban J connectivity index is 2.41. The van der Waals surface area contributed by atoms with Gasteiger partial charge in [0, 0.05) is 25.3 Å². The van der Waals surface area contributed by atoms with Gasteiger partial charge in [-0.15, -0.1) is 0 Å². The van der Waals surface area contributed by atoms with E-state index in [9.17, 15) is 9.59 Å². The number of aryl methyl sites for hydroxylation is 1. The first-order valence-electron chi connectivity index (χ1n) is 6.85. The van der Waals surface area contributed by atoms with Crippen molar-refractivity contribution < 1.29 is 14.3 Å². The predicted octanol–water partition coefficient (Wildman–Crippen LogP) is 1.40. The number of carbonyl (C=O) groups excluding carboxylic acids is 2. The second-order valence-electron chi connectivity index (χ2n) is 4.80. The average molecular weight is 315 g/mol. The molecule has 0 fully saturated rings. The molecule has 0 aliphatic carbocycles. The van der Waals surface area contributed by atoms with E-state index in [4.69, 9.17) is 4.74 Å². The Labute approximate surface area is 133 Å². The number of aliphatic imine (C=N–C) groups is 1. The van der Waals surface area contributed by atoms with Gasteiger partial charge in [-0.25, -0.2) is 9.97 Å². The van der Waals surface area contributed by atoms with Gasteiger partial charge in [0.25, 0.3) is 0 Å². The molecule has 0 saturated carbocycles. The molecule has 2 N–H and O–H groups in total. The van der Waals surface area contributed by atoms with Crippen LogP contribution in [0.25, 0.3) is 10.9 Å². The summed E-state index contributed by atoms with van der Waals surface area (Å²) in [7, 11) is 1.57. The lowest BCUT2D eigenvalue weighted by molar-refractivity contribution is -0.117. The summed E-state index contributed by atoms with van der Waals surface area (Å²) in [5, 5.41) is 6.05. The summed E-state index contributed by atoms with van der Waals surface area (Å²) in [4.78, 5) is 34.7. The number of fused-ring (bicyclic) bond motifs is 1. The van der Waals surface area contributed by atoms with Gasteiger partial charge in [0.2, 0.25) is 23.7 Å². The number of guanidine groups is 1. The second-order valence-corrected chi connectivity index (χ2v) is 4.80. The lowest BCUT2D eigenvalue weighted by atomic mass is 10.2. The van der Waals surface area contributed by atoms with E-state index < -0.39 is 5.91 Å². The Morgan fingerprint density at radius 2 is 1.96 bits per heavy atom. The fraction of sp³-hybridized carbons (Fsp3) is 0.267. The highest BCUT2D eigenvalue weighted by atomic mass is 16.5. The third-order valence-electron chi connectivity index (χ3n) is 2.89. The van der Waals surface area contributed by atoms with Crippen molar-refractivity contribution in [3.05, 3.63) is 23.9 Å². The SMILES string of the molecule is COc1ccc2c(C)nc(N/C(=N/C(C)=O)NC(C)=O)nc2c1. The molecule has 2 rings (SSSR count). The quantitative estimate of drug-likeness (QED) is 0.641. The fourth-order valence-electron chi connectivity index (χ4n) is 1.97. The molecule has 2 aromatic rings. The smallest absolute Gasteiger partial charge is 0.245 e. The van der Waals surface area contributed by atoms with Crippen molar-refractivity contribution in [1.29, 1.82) is 0 Å². The van der Waals surface area contributed by atoms with E-state index in [1.807, 2.05) is 19.1 Å². The standard InChI is InChI=1S/C15H17N5O3/c1-8-12-6-5-11(23-4)7-13(12)19-14(16-8)20-15(17-9(2)21)18-10(3)22/h5-7H,1-4H3,(H2,16,17,18,19,20,21,22). The van der Waals surface area contributed by atoms with Gasteiger partial charge < -0.3 is 4.74 Å². The van der Waals surface area contributed by atoms with Crippen molar-refractivity contribution in [2.45, 2.75) is 20.8 Å². The van der Waals surface area contributed by atoms with E-state index in [1.165, 1.54) is 13.8 Å². The minimum absolute atomic E-state index is 0.0216. The first-order valence-corrected chi connectivity index (χ1v) is 6.85. The summed E-state index contributed by atoms with van der Waals surface area (Å²) < 4.78 is 5.18. The highest BCUT2D eigenvalue weighted by molar-refractivity contribution is 6.07. The van der Waals surface area contributed by atoms with Gasteiger partial charge in [0.1, 0.15) is 5.75 Å². The van der Waals surface area contributed by atoms with Crippen molar-refractivity contribution in [1.82, 2.24) is 15.3 Å². The summed E-state index contributed by atoms with van der Waals surface area (Å²) in [6, 6.07) is 5.47. The van der Waals surface area contributed by atoms with Crippen LogP contribution in [-0.2, 0) is 9.59 Å². The lowest BCUT2D eigenvalue weighted by Crippen LogP contribution is -2.35. The van der Waals surface area contributed by atoms with Crippen LogP contribution in [0.5, 0.6) is 5.75 Å². The summed E-state index contributed by atoms with van der Waals surface area (Å²) in [6.07, 6.45) is 0. The zero-order valence-corrected chi connectivity index (χ0v) is 13.3. The molecule has 0 saturated heterocycles. The molecule has 1 heterocycles. The lowest BCUT2D eigenvalue weighted by Gasteiger charge is -2.10. The van der Waals surface area contributed by atoms with Gasteiger partial charge in [0.05, 0.1) is 18.3 Å². The van der Waals surface area contributed by atoms with E-state index >= 15 is 0 Å². The minimum Gasteiger partial charge on any atom is -0.497 e. The Bertz CT molecular complexity index is 801. The van der Waals surface area contributed by atoms with Crippen LogP contribution >= 0.6 is 0 Å². The molecule has 0 spiro atoms. The van der Waals surface area contributed by atoms with E-state index in [-0.39, 0.29) is 17.8 Å². The van der Waals surface area contributed by atoms with Crippen LogP contribution in [0, 0.1) is 6.92 Å². The number of rotatable bonds is 2. The predicted molar refractivity (Wildman–Crippen MR) is 86.4 cm³/mol. The fourth-order valence-corrected chi connectivity index (χ4v) is 1.97. The van der Waals surface area contributed by atoms with Gasteiger partial charge in [-0.1, -0.05) is 0 Å². The molecule has 120 valence electrons. The molecule has 8 nitrogen and oxygen atoms in total. The summed E-state index contributed by atoms with van der Waals surface area (Å²) in [6.45, 7) is 4.43. The molecule has 0 aliphatic heterocycles. The van der Waals surface area contributed by atoms with E-state index in [0.717, 1.165) is 11.1 Å². The van der Waals surface area contributed by atoms with Gasteiger partial charge >= 0.3 is 0 Å². The number of hydrogen-bond acceptors (Lipinski definition) is 5. The summed E-state index contributed by atoms with van der Waals surface area (Å²) in [5.74, 6) is 0.0433. The van der Waals surface area contributed by atoms with Crippen molar-refractivity contribution in [2.75, 3.05) is 12.4 Å². The summed E-state index contributed by atoms with van der Waals surface area (Å²) >= 11 is 0. The largest absolute Gasteiger partial charge is 0.497 e. The normalized spacial score (nSPS) is 11.2. The number of nitrogens with one attached hydrogen (secondary N) is 2. The van der Waals surface area contributed by atoms with Crippen molar-refractivity contribution >= 4 is 34.6 Å². The summed E-state index contributed by atoms with van der Waals surface area (Å²) in [5.41, 5.74) is 1.41. The zero-order chi connectivity index (χ0) is 17.0. The molecule has 1 aromatic heterocycles. The number of hydrogen-bond donors (Lipinski definition) is 2. The molecule has 0 unspecified atom stereocenters. The van der Waals surface area contributed by atoms with E-state index in [0.29, 0.717) is 11.3 Å². The number of ether oxygens (including phenoxy) is 1. The van der Waals surface area contributed by atoms with Crippen LogP contribution < -0.4 is 15.4 Å². The Kier molecular flexibility index (Phi) is 4.85. The molecule has 8 heteroatoms. The molecular weight excluding hydrogens is 298 g/mol. The van der Waals surface area contributed by atoms with E-state index in [1.54, 1.807) is 13.2 Å². The van der Waals surface area contributed by atoms with Crippen molar-refractivity contribution in [2.24, 2.45) is 4.99 Å².